The number of rotatable bonds is 2. The first kappa shape index (κ1) is 15.2. The second kappa shape index (κ2) is 5.32. The Hall–Kier alpha value is -2.16. The summed E-state index contributed by atoms with van der Waals surface area (Å²) in [5.74, 6) is -2.06. The molecule has 2 heterocycles. The Kier molecular flexibility index (Phi) is 3.86. The van der Waals surface area contributed by atoms with Gasteiger partial charge in [0, 0.05) is 19.2 Å². The molecule has 1 aromatic rings. The SMILES string of the molecule is O=C(O)[C@@H]1C[C@H](O)CN1C(=O)c1ccc(C(F)(F)F)nc1. The molecule has 1 aliphatic heterocycles. The van der Waals surface area contributed by atoms with Crippen molar-refractivity contribution in [2.45, 2.75) is 24.7 Å². The van der Waals surface area contributed by atoms with E-state index in [-0.39, 0.29) is 18.5 Å². The molecule has 1 aromatic heterocycles. The van der Waals surface area contributed by atoms with Crippen LogP contribution in [0.3, 0.4) is 0 Å². The zero-order valence-electron chi connectivity index (χ0n) is 10.5. The number of aliphatic carboxylic acids is 1. The highest BCUT2D eigenvalue weighted by Crippen LogP contribution is 2.28. The van der Waals surface area contributed by atoms with E-state index in [1.54, 1.807) is 0 Å². The molecule has 0 unspecified atom stereocenters. The Labute approximate surface area is 116 Å². The number of carbonyl (C=O) groups excluding carboxylic acids is 1. The average Bonchev–Trinajstić information content (AvgIpc) is 2.79. The molecule has 2 atom stereocenters. The fourth-order valence-electron chi connectivity index (χ4n) is 2.13. The summed E-state index contributed by atoms with van der Waals surface area (Å²) >= 11 is 0. The van der Waals surface area contributed by atoms with Gasteiger partial charge in [0.1, 0.15) is 11.7 Å². The lowest BCUT2D eigenvalue weighted by molar-refractivity contribution is -0.142. The lowest BCUT2D eigenvalue weighted by Gasteiger charge is -2.21. The van der Waals surface area contributed by atoms with Crippen molar-refractivity contribution in [3.05, 3.63) is 29.6 Å². The van der Waals surface area contributed by atoms with Crippen molar-refractivity contribution in [1.29, 1.82) is 0 Å². The normalized spacial score (nSPS) is 22.4. The molecule has 1 saturated heterocycles. The number of hydrogen-bond acceptors (Lipinski definition) is 4. The fourth-order valence-corrected chi connectivity index (χ4v) is 2.13. The van der Waals surface area contributed by atoms with Gasteiger partial charge in [0.05, 0.1) is 11.7 Å². The number of pyridine rings is 1. The van der Waals surface area contributed by atoms with Crippen LogP contribution < -0.4 is 0 Å². The van der Waals surface area contributed by atoms with E-state index in [0.29, 0.717) is 6.07 Å². The van der Waals surface area contributed by atoms with Crippen molar-refractivity contribution in [3.63, 3.8) is 0 Å². The summed E-state index contributed by atoms with van der Waals surface area (Å²) in [6, 6.07) is 0.381. The number of carboxylic acid groups (broad SMARTS) is 1. The highest BCUT2D eigenvalue weighted by molar-refractivity contribution is 5.96. The monoisotopic (exact) mass is 304 g/mol. The number of likely N-dealkylation sites (tertiary alicyclic amines) is 1. The van der Waals surface area contributed by atoms with Gasteiger partial charge < -0.3 is 15.1 Å². The van der Waals surface area contributed by atoms with Gasteiger partial charge in [-0.2, -0.15) is 13.2 Å². The molecule has 0 spiro atoms. The molecule has 1 aliphatic rings. The summed E-state index contributed by atoms with van der Waals surface area (Å²) in [7, 11) is 0. The Morgan fingerprint density at radius 1 is 1.33 bits per heavy atom. The maximum atomic E-state index is 12.4. The van der Waals surface area contributed by atoms with Crippen molar-refractivity contribution in [2.24, 2.45) is 0 Å². The van der Waals surface area contributed by atoms with Gasteiger partial charge in [-0.05, 0) is 12.1 Å². The number of aromatic nitrogens is 1. The van der Waals surface area contributed by atoms with Gasteiger partial charge in [-0.15, -0.1) is 0 Å². The number of halogens is 3. The number of carboxylic acids is 1. The van der Waals surface area contributed by atoms with Gasteiger partial charge in [0.2, 0.25) is 0 Å². The van der Waals surface area contributed by atoms with Crippen LogP contribution in [0.25, 0.3) is 0 Å². The van der Waals surface area contributed by atoms with Gasteiger partial charge in [0.25, 0.3) is 5.91 Å². The van der Waals surface area contributed by atoms with Crippen LogP contribution in [-0.4, -0.2) is 50.7 Å². The predicted octanol–water partition coefficient (Wildman–Crippen LogP) is 0.760. The van der Waals surface area contributed by atoms with Crippen LogP contribution in [-0.2, 0) is 11.0 Å². The number of aliphatic hydroxyl groups excluding tert-OH is 1. The Morgan fingerprint density at radius 3 is 2.48 bits per heavy atom. The molecule has 2 rings (SSSR count). The van der Waals surface area contributed by atoms with Crippen LogP contribution in [0.5, 0.6) is 0 Å². The van der Waals surface area contributed by atoms with E-state index in [0.717, 1.165) is 17.2 Å². The smallest absolute Gasteiger partial charge is 0.433 e. The maximum Gasteiger partial charge on any atom is 0.433 e. The van der Waals surface area contributed by atoms with Crippen molar-refractivity contribution in [3.8, 4) is 0 Å². The molecule has 114 valence electrons. The summed E-state index contributed by atoms with van der Waals surface area (Å²) in [6.45, 7) is -0.184. The molecule has 0 saturated carbocycles. The van der Waals surface area contributed by atoms with Crippen LogP contribution >= 0.6 is 0 Å². The highest BCUT2D eigenvalue weighted by atomic mass is 19.4. The second-order valence-corrected chi connectivity index (χ2v) is 4.63. The van der Waals surface area contributed by atoms with E-state index < -0.39 is 35.9 Å². The summed E-state index contributed by atoms with van der Waals surface area (Å²) in [5, 5.41) is 18.4. The number of amides is 1. The molecule has 0 radical (unpaired) electrons. The molecule has 0 bridgehead atoms. The Bertz CT molecular complexity index is 559. The standard InChI is InChI=1S/C12H11F3N2O4/c13-12(14,15)9-2-1-6(4-16-9)10(19)17-5-7(18)3-8(17)11(20)21/h1-2,4,7-8,18H,3,5H2,(H,20,21)/t7-,8-/m0/s1. The van der Waals surface area contributed by atoms with Gasteiger partial charge in [0.15, 0.2) is 0 Å². The average molecular weight is 304 g/mol. The third-order valence-corrected chi connectivity index (χ3v) is 3.13. The molecule has 21 heavy (non-hydrogen) atoms. The molecular weight excluding hydrogens is 293 g/mol. The third kappa shape index (κ3) is 3.13. The summed E-state index contributed by atoms with van der Waals surface area (Å²) < 4.78 is 37.1. The minimum atomic E-state index is -4.62. The summed E-state index contributed by atoms with van der Waals surface area (Å²) in [5.41, 5.74) is -1.31. The first-order valence-electron chi connectivity index (χ1n) is 5.95. The van der Waals surface area contributed by atoms with Gasteiger partial charge in [-0.1, -0.05) is 0 Å². The largest absolute Gasteiger partial charge is 0.480 e. The highest BCUT2D eigenvalue weighted by Gasteiger charge is 2.39. The van der Waals surface area contributed by atoms with E-state index in [4.69, 9.17) is 5.11 Å². The van der Waals surface area contributed by atoms with Gasteiger partial charge in [-0.25, -0.2) is 4.79 Å². The zero-order chi connectivity index (χ0) is 15.8. The van der Waals surface area contributed by atoms with Crippen LogP contribution in [0.15, 0.2) is 18.3 Å². The third-order valence-electron chi connectivity index (χ3n) is 3.13. The first-order valence-corrected chi connectivity index (χ1v) is 5.95. The van der Waals surface area contributed by atoms with Gasteiger partial charge in [-0.3, -0.25) is 9.78 Å². The summed E-state index contributed by atoms with van der Waals surface area (Å²) in [6.07, 6.45) is -4.96. The minimum Gasteiger partial charge on any atom is -0.480 e. The number of β-amino-alcohol motifs (C(OH)–C–C–N with tert-alkyl or cyclic N) is 1. The molecular formula is C12H11F3N2O4. The molecule has 0 aliphatic carbocycles. The lowest BCUT2D eigenvalue weighted by Crippen LogP contribution is -2.40. The Balaban J connectivity index is 2.22. The van der Waals surface area contributed by atoms with Crippen molar-refractivity contribution >= 4 is 11.9 Å². The quantitative estimate of drug-likeness (QED) is 0.842. The first-order chi connectivity index (χ1) is 9.70. The van der Waals surface area contributed by atoms with Crippen LogP contribution in [0, 0.1) is 0 Å². The summed E-state index contributed by atoms with van der Waals surface area (Å²) in [4.78, 5) is 27.2. The van der Waals surface area contributed by atoms with Crippen molar-refractivity contribution < 1.29 is 33.0 Å². The Morgan fingerprint density at radius 2 is 2.00 bits per heavy atom. The fraction of sp³-hybridized carbons (Fsp3) is 0.417. The molecule has 2 N–H and O–H groups in total. The minimum absolute atomic E-state index is 0.116. The number of nitrogens with zero attached hydrogens (tertiary/aromatic N) is 2. The predicted molar refractivity (Wildman–Crippen MR) is 62.3 cm³/mol. The van der Waals surface area contributed by atoms with Crippen LogP contribution in [0.1, 0.15) is 22.5 Å². The van der Waals surface area contributed by atoms with E-state index >= 15 is 0 Å². The second-order valence-electron chi connectivity index (χ2n) is 4.63. The lowest BCUT2D eigenvalue weighted by atomic mass is 10.2. The van der Waals surface area contributed by atoms with E-state index in [1.807, 2.05) is 0 Å². The molecule has 9 heteroatoms. The van der Waals surface area contributed by atoms with E-state index in [2.05, 4.69) is 4.98 Å². The van der Waals surface area contributed by atoms with Crippen molar-refractivity contribution in [2.75, 3.05) is 6.54 Å². The van der Waals surface area contributed by atoms with E-state index in [1.165, 1.54) is 0 Å². The zero-order valence-corrected chi connectivity index (χ0v) is 10.5. The van der Waals surface area contributed by atoms with Crippen LogP contribution in [0.2, 0.25) is 0 Å². The number of carbonyl (C=O) groups is 2. The number of aliphatic hydroxyl groups is 1. The van der Waals surface area contributed by atoms with Crippen LogP contribution in [0.4, 0.5) is 13.2 Å². The van der Waals surface area contributed by atoms with Crippen molar-refractivity contribution in [1.82, 2.24) is 9.88 Å². The number of alkyl halides is 3. The molecule has 1 fully saturated rings. The topological polar surface area (TPSA) is 90.7 Å². The molecule has 1 amide bonds. The molecule has 6 nitrogen and oxygen atoms in total. The van der Waals surface area contributed by atoms with E-state index in [9.17, 15) is 27.9 Å². The molecule has 0 aromatic carbocycles. The number of hydrogen-bond donors (Lipinski definition) is 2. The van der Waals surface area contributed by atoms with Gasteiger partial charge >= 0.3 is 12.1 Å². The maximum absolute atomic E-state index is 12.4.